The van der Waals surface area contributed by atoms with Gasteiger partial charge in [-0.25, -0.2) is 4.98 Å². The number of aromatic nitrogens is 2. The summed E-state index contributed by atoms with van der Waals surface area (Å²) < 4.78 is 5.51. The molecule has 0 amide bonds. The molecule has 0 fully saturated rings. The van der Waals surface area contributed by atoms with Crippen LogP contribution < -0.4 is 10.5 Å². The van der Waals surface area contributed by atoms with Crippen LogP contribution in [0.25, 0.3) is 33.0 Å². The summed E-state index contributed by atoms with van der Waals surface area (Å²) in [6, 6.07) is 21.4. The minimum atomic E-state index is 0.477. The maximum absolute atomic E-state index is 9.24. The molecule has 0 aliphatic rings. The molecule has 6 heteroatoms. The zero-order chi connectivity index (χ0) is 20.4. The molecule has 0 saturated carbocycles. The van der Waals surface area contributed by atoms with Gasteiger partial charge in [0.1, 0.15) is 5.75 Å². The Morgan fingerprint density at radius 1 is 1.00 bits per heavy atom. The number of rotatable bonds is 4. The Hall–Kier alpha value is -3.69. The van der Waals surface area contributed by atoms with Gasteiger partial charge < -0.3 is 10.5 Å². The minimum Gasteiger partial charge on any atom is -0.496 e. The predicted octanol–water partition coefficient (Wildman–Crippen LogP) is 5.31. The van der Waals surface area contributed by atoms with Crippen LogP contribution in [0.4, 0.5) is 5.13 Å². The third-order valence-corrected chi connectivity index (χ3v) is 5.44. The van der Waals surface area contributed by atoms with Gasteiger partial charge in [-0.15, -0.1) is 0 Å². The Balaban J connectivity index is 1.89. The number of aryl methyl sites for hydroxylation is 1. The highest BCUT2D eigenvalue weighted by Gasteiger charge is 2.17. The maximum Gasteiger partial charge on any atom is 0.181 e. The van der Waals surface area contributed by atoms with E-state index in [2.05, 4.69) is 11.1 Å². The second kappa shape index (κ2) is 7.74. The van der Waals surface area contributed by atoms with Crippen molar-refractivity contribution in [1.29, 1.82) is 5.26 Å². The summed E-state index contributed by atoms with van der Waals surface area (Å²) >= 11 is 1.42. The van der Waals surface area contributed by atoms with Crippen LogP contribution in [0.15, 0.2) is 60.7 Å². The topological polar surface area (TPSA) is 84.8 Å². The van der Waals surface area contributed by atoms with E-state index in [-0.39, 0.29) is 0 Å². The Morgan fingerprint density at radius 2 is 1.83 bits per heavy atom. The van der Waals surface area contributed by atoms with Gasteiger partial charge in [-0.2, -0.15) is 5.26 Å². The average molecular weight is 398 g/mol. The van der Waals surface area contributed by atoms with E-state index in [1.807, 2.05) is 61.5 Å². The Morgan fingerprint density at radius 3 is 2.62 bits per heavy atom. The molecule has 2 N–H and O–H groups in total. The molecule has 2 aromatic carbocycles. The van der Waals surface area contributed by atoms with Crippen LogP contribution in [-0.4, -0.2) is 17.1 Å². The van der Waals surface area contributed by atoms with Crippen molar-refractivity contribution in [2.45, 2.75) is 6.92 Å². The summed E-state index contributed by atoms with van der Waals surface area (Å²) in [7, 11) is 1.65. The number of nitrogens with two attached hydrogens (primary N) is 1. The van der Waals surface area contributed by atoms with Crippen LogP contribution in [0, 0.1) is 18.3 Å². The van der Waals surface area contributed by atoms with E-state index in [0.29, 0.717) is 10.7 Å². The lowest BCUT2D eigenvalue weighted by Gasteiger charge is -2.11. The van der Waals surface area contributed by atoms with E-state index < -0.39 is 0 Å². The van der Waals surface area contributed by atoms with Gasteiger partial charge >= 0.3 is 0 Å². The summed E-state index contributed by atoms with van der Waals surface area (Å²) in [6.45, 7) is 1.96. The van der Waals surface area contributed by atoms with E-state index >= 15 is 0 Å². The number of hydrogen-bond donors (Lipinski definition) is 1. The number of methoxy groups -OCH3 is 1. The third-order valence-electron chi connectivity index (χ3n) is 4.51. The average Bonchev–Trinajstić information content (AvgIpc) is 3.15. The van der Waals surface area contributed by atoms with Gasteiger partial charge in [-0.1, -0.05) is 35.6 Å². The molecule has 0 spiro atoms. The number of ether oxygens (including phenoxy) is 1. The Labute approximate surface area is 173 Å². The van der Waals surface area contributed by atoms with Gasteiger partial charge in [-0.05, 0) is 48.9 Å². The summed E-state index contributed by atoms with van der Waals surface area (Å²) in [5, 5.41) is 9.71. The first-order valence-corrected chi connectivity index (χ1v) is 9.80. The van der Waals surface area contributed by atoms with Crippen LogP contribution in [0.2, 0.25) is 0 Å². The van der Waals surface area contributed by atoms with Crippen molar-refractivity contribution in [2.75, 3.05) is 12.8 Å². The fourth-order valence-electron chi connectivity index (χ4n) is 3.26. The van der Waals surface area contributed by atoms with Gasteiger partial charge in [0.05, 0.1) is 35.0 Å². The van der Waals surface area contributed by atoms with Crippen LogP contribution in [0.1, 0.15) is 11.3 Å². The highest BCUT2D eigenvalue weighted by Crippen LogP contribution is 2.40. The lowest BCUT2D eigenvalue weighted by atomic mass is 10.0. The number of anilines is 1. The first-order chi connectivity index (χ1) is 14.1. The van der Waals surface area contributed by atoms with E-state index in [0.717, 1.165) is 44.4 Å². The lowest BCUT2D eigenvalue weighted by molar-refractivity contribution is 0.416. The zero-order valence-corrected chi connectivity index (χ0v) is 16.8. The molecule has 0 saturated heterocycles. The number of hydrogen-bond acceptors (Lipinski definition) is 6. The van der Waals surface area contributed by atoms with Crippen molar-refractivity contribution in [2.24, 2.45) is 0 Å². The fourth-order valence-corrected chi connectivity index (χ4v) is 4.10. The van der Waals surface area contributed by atoms with Gasteiger partial charge in [0, 0.05) is 16.8 Å². The lowest BCUT2D eigenvalue weighted by Crippen LogP contribution is -1.93. The molecule has 0 unspecified atom stereocenters. The maximum atomic E-state index is 9.24. The second-order valence-corrected chi connectivity index (χ2v) is 7.54. The van der Waals surface area contributed by atoms with Crippen molar-refractivity contribution in [3.63, 3.8) is 0 Å². The number of nitriles is 1. The number of pyridine rings is 1. The standard InChI is InChI=1S/C23H18N4OS/c1-14-10-17(12-19(26-14)18-8-3-4-9-20(18)28-2)22-21(27-23(25)29-22)16-7-5-6-15(11-16)13-24/h3-12H,1-2H3,(H2,25,27). The summed E-state index contributed by atoms with van der Waals surface area (Å²) in [5.41, 5.74) is 11.9. The largest absolute Gasteiger partial charge is 0.496 e. The summed E-state index contributed by atoms with van der Waals surface area (Å²) in [4.78, 5) is 10.2. The molecule has 2 aromatic heterocycles. The van der Waals surface area contributed by atoms with Gasteiger partial charge in [-0.3, -0.25) is 4.98 Å². The molecule has 0 aliphatic carbocycles. The van der Waals surface area contributed by atoms with Crippen molar-refractivity contribution >= 4 is 16.5 Å². The molecule has 4 rings (SSSR count). The van der Waals surface area contributed by atoms with Crippen LogP contribution in [0.5, 0.6) is 5.75 Å². The molecule has 0 radical (unpaired) electrons. The molecule has 0 bridgehead atoms. The monoisotopic (exact) mass is 398 g/mol. The molecule has 29 heavy (non-hydrogen) atoms. The molecule has 0 aliphatic heterocycles. The van der Waals surface area contributed by atoms with E-state index in [4.69, 9.17) is 15.5 Å². The van der Waals surface area contributed by atoms with Crippen molar-refractivity contribution in [3.8, 4) is 44.8 Å². The highest BCUT2D eigenvalue weighted by molar-refractivity contribution is 7.19. The van der Waals surface area contributed by atoms with Crippen molar-refractivity contribution in [3.05, 3.63) is 71.9 Å². The van der Waals surface area contributed by atoms with E-state index in [1.54, 1.807) is 13.2 Å². The third kappa shape index (κ3) is 3.68. The van der Waals surface area contributed by atoms with E-state index in [1.165, 1.54) is 11.3 Å². The first kappa shape index (κ1) is 18.7. The van der Waals surface area contributed by atoms with Crippen molar-refractivity contribution in [1.82, 2.24) is 9.97 Å². The quantitative estimate of drug-likeness (QED) is 0.503. The van der Waals surface area contributed by atoms with Gasteiger partial charge in [0.15, 0.2) is 5.13 Å². The number of nitrogens with zero attached hydrogens (tertiary/aromatic N) is 3. The SMILES string of the molecule is COc1ccccc1-c1cc(-c2sc(N)nc2-c2cccc(C#N)c2)cc(C)n1. The molecule has 2 heterocycles. The fraction of sp³-hybridized carbons (Fsp3) is 0.0870. The predicted molar refractivity (Wildman–Crippen MR) is 117 cm³/mol. The normalized spacial score (nSPS) is 10.5. The second-order valence-electron chi connectivity index (χ2n) is 6.51. The molecule has 4 aromatic rings. The Kier molecular flexibility index (Phi) is 4.98. The van der Waals surface area contributed by atoms with Crippen molar-refractivity contribution < 1.29 is 4.74 Å². The zero-order valence-electron chi connectivity index (χ0n) is 16.0. The van der Waals surface area contributed by atoms with E-state index in [9.17, 15) is 5.26 Å². The molecular weight excluding hydrogens is 380 g/mol. The van der Waals surface area contributed by atoms with Crippen LogP contribution >= 0.6 is 11.3 Å². The molecule has 0 atom stereocenters. The van der Waals surface area contributed by atoms with Gasteiger partial charge in [0.2, 0.25) is 0 Å². The van der Waals surface area contributed by atoms with Crippen LogP contribution in [-0.2, 0) is 0 Å². The minimum absolute atomic E-state index is 0.477. The molecular formula is C23H18N4OS. The highest BCUT2D eigenvalue weighted by atomic mass is 32.1. The van der Waals surface area contributed by atoms with Gasteiger partial charge in [0.25, 0.3) is 0 Å². The molecule has 142 valence electrons. The van der Waals surface area contributed by atoms with Crippen LogP contribution in [0.3, 0.4) is 0 Å². The number of benzene rings is 2. The number of nitrogen functional groups attached to an aromatic ring is 1. The number of para-hydroxylation sites is 1. The summed E-state index contributed by atoms with van der Waals surface area (Å²) in [5.74, 6) is 0.766. The Bertz CT molecular complexity index is 1240. The smallest absolute Gasteiger partial charge is 0.181 e. The first-order valence-electron chi connectivity index (χ1n) is 8.98. The number of thiazole rings is 1. The molecule has 5 nitrogen and oxygen atoms in total. The summed E-state index contributed by atoms with van der Waals surface area (Å²) in [6.07, 6.45) is 0.